The van der Waals surface area contributed by atoms with E-state index < -0.39 is 0 Å². The van der Waals surface area contributed by atoms with Crippen molar-refractivity contribution in [3.8, 4) is 5.75 Å². The van der Waals surface area contributed by atoms with Crippen molar-refractivity contribution in [2.24, 2.45) is 11.8 Å². The SMILES string of the molecule is CC(C)COc1ccc(CC2CCC(=O)NC2=O)cc1. The van der Waals surface area contributed by atoms with Crippen LogP contribution >= 0.6 is 0 Å². The van der Waals surface area contributed by atoms with Gasteiger partial charge in [-0.3, -0.25) is 14.9 Å². The predicted octanol–water partition coefficient (Wildman–Crippen LogP) is 2.32. The van der Waals surface area contributed by atoms with Crippen molar-refractivity contribution < 1.29 is 14.3 Å². The number of rotatable bonds is 5. The van der Waals surface area contributed by atoms with Crippen LogP contribution in [0.3, 0.4) is 0 Å². The summed E-state index contributed by atoms with van der Waals surface area (Å²) in [6.07, 6.45) is 1.74. The fourth-order valence-corrected chi connectivity index (χ4v) is 2.20. The molecule has 1 aliphatic rings. The van der Waals surface area contributed by atoms with Crippen LogP contribution in [0.2, 0.25) is 0 Å². The van der Waals surface area contributed by atoms with Crippen molar-refractivity contribution in [3.63, 3.8) is 0 Å². The number of ether oxygens (including phenoxy) is 1. The number of amides is 2. The van der Waals surface area contributed by atoms with E-state index >= 15 is 0 Å². The maximum absolute atomic E-state index is 11.7. The number of benzene rings is 1. The third kappa shape index (κ3) is 4.08. The van der Waals surface area contributed by atoms with Crippen LogP contribution in [-0.2, 0) is 16.0 Å². The maximum atomic E-state index is 11.7. The molecule has 1 heterocycles. The second-order valence-electron chi connectivity index (χ2n) is 5.70. The molecule has 1 aromatic carbocycles. The second-order valence-corrected chi connectivity index (χ2v) is 5.70. The Kier molecular flexibility index (Phi) is 4.77. The van der Waals surface area contributed by atoms with E-state index in [0.717, 1.165) is 11.3 Å². The number of piperidine rings is 1. The minimum Gasteiger partial charge on any atom is -0.493 e. The normalized spacial score (nSPS) is 19.1. The van der Waals surface area contributed by atoms with Gasteiger partial charge in [0.1, 0.15) is 5.75 Å². The topological polar surface area (TPSA) is 55.4 Å². The Bertz CT molecular complexity index is 479. The Hall–Kier alpha value is -1.84. The minimum atomic E-state index is -0.163. The van der Waals surface area contributed by atoms with Gasteiger partial charge < -0.3 is 4.74 Å². The molecule has 1 atom stereocenters. The van der Waals surface area contributed by atoms with Crippen molar-refractivity contribution in [1.82, 2.24) is 5.32 Å². The third-order valence-corrected chi connectivity index (χ3v) is 3.34. The number of carbonyl (C=O) groups is 2. The largest absolute Gasteiger partial charge is 0.493 e. The molecule has 1 unspecified atom stereocenters. The summed E-state index contributed by atoms with van der Waals surface area (Å²) in [5.74, 6) is 0.934. The number of hydrogen-bond donors (Lipinski definition) is 1. The zero-order valence-electron chi connectivity index (χ0n) is 12.0. The van der Waals surface area contributed by atoms with Crippen LogP contribution in [-0.4, -0.2) is 18.4 Å². The molecule has 2 amide bonds. The van der Waals surface area contributed by atoms with Crippen molar-refractivity contribution in [2.45, 2.75) is 33.1 Å². The van der Waals surface area contributed by atoms with E-state index in [4.69, 9.17) is 4.74 Å². The van der Waals surface area contributed by atoms with Crippen molar-refractivity contribution in [2.75, 3.05) is 6.61 Å². The molecule has 0 aliphatic carbocycles. The fourth-order valence-electron chi connectivity index (χ4n) is 2.20. The number of imide groups is 1. The monoisotopic (exact) mass is 275 g/mol. The van der Waals surface area contributed by atoms with Crippen LogP contribution in [0.15, 0.2) is 24.3 Å². The van der Waals surface area contributed by atoms with Crippen molar-refractivity contribution >= 4 is 11.8 Å². The van der Waals surface area contributed by atoms with Gasteiger partial charge in [-0.2, -0.15) is 0 Å². The van der Waals surface area contributed by atoms with Gasteiger partial charge in [-0.05, 0) is 36.5 Å². The first kappa shape index (κ1) is 14.6. The first-order valence-corrected chi connectivity index (χ1v) is 7.10. The smallest absolute Gasteiger partial charge is 0.230 e. The molecule has 1 saturated heterocycles. The Morgan fingerprint density at radius 2 is 1.95 bits per heavy atom. The van der Waals surface area contributed by atoms with Gasteiger partial charge in [0.2, 0.25) is 11.8 Å². The van der Waals surface area contributed by atoms with Gasteiger partial charge in [0, 0.05) is 12.3 Å². The van der Waals surface area contributed by atoms with Gasteiger partial charge in [0.05, 0.1) is 6.61 Å². The zero-order valence-corrected chi connectivity index (χ0v) is 12.0. The summed E-state index contributed by atoms with van der Waals surface area (Å²) in [7, 11) is 0. The fraction of sp³-hybridized carbons (Fsp3) is 0.500. The van der Waals surface area contributed by atoms with E-state index in [-0.39, 0.29) is 17.7 Å². The highest BCUT2D eigenvalue weighted by atomic mass is 16.5. The molecule has 108 valence electrons. The molecule has 4 heteroatoms. The molecule has 1 aromatic rings. The number of hydrogen-bond acceptors (Lipinski definition) is 3. The van der Waals surface area contributed by atoms with E-state index in [2.05, 4.69) is 19.2 Å². The van der Waals surface area contributed by atoms with Gasteiger partial charge in [0.25, 0.3) is 0 Å². The van der Waals surface area contributed by atoms with Gasteiger partial charge >= 0.3 is 0 Å². The highest BCUT2D eigenvalue weighted by molar-refractivity contribution is 5.98. The average Bonchev–Trinajstić information content (AvgIpc) is 2.41. The molecule has 1 aliphatic heterocycles. The van der Waals surface area contributed by atoms with E-state index in [1.165, 1.54) is 0 Å². The van der Waals surface area contributed by atoms with Gasteiger partial charge in [-0.15, -0.1) is 0 Å². The standard InChI is InChI=1S/C16H21NO3/c1-11(2)10-20-14-6-3-12(4-7-14)9-13-5-8-15(18)17-16(13)19/h3-4,6-7,11,13H,5,8-10H2,1-2H3,(H,17,18,19). The number of nitrogens with one attached hydrogen (secondary N) is 1. The molecule has 0 saturated carbocycles. The summed E-state index contributed by atoms with van der Waals surface area (Å²) < 4.78 is 5.62. The summed E-state index contributed by atoms with van der Waals surface area (Å²) >= 11 is 0. The summed E-state index contributed by atoms with van der Waals surface area (Å²) in [6, 6.07) is 7.84. The molecule has 20 heavy (non-hydrogen) atoms. The van der Waals surface area contributed by atoms with E-state index in [0.29, 0.717) is 31.8 Å². The average molecular weight is 275 g/mol. The van der Waals surface area contributed by atoms with E-state index in [1.807, 2.05) is 24.3 Å². The Labute approximate surface area is 119 Å². The second kappa shape index (κ2) is 6.55. The molecule has 0 bridgehead atoms. The van der Waals surface area contributed by atoms with Crippen molar-refractivity contribution in [3.05, 3.63) is 29.8 Å². The van der Waals surface area contributed by atoms with E-state index in [9.17, 15) is 9.59 Å². The summed E-state index contributed by atoms with van der Waals surface area (Å²) in [5, 5.41) is 2.39. The molecule has 4 nitrogen and oxygen atoms in total. The van der Waals surface area contributed by atoms with Crippen LogP contribution in [0.5, 0.6) is 5.75 Å². The Balaban J connectivity index is 1.90. The van der Waals surface area contributed by atoms with Gasteiger partial charge in [-0.1, -0.05) is 26.0 Å². The lowest BCUT2D eigenvalue weighted by molar-refractivity contribution is -0.136. The maximum Gasteiger partial charge on any atom is 0.230 e. The molecule has 0 aromatic heterocycles. The lowest BCUT2D eigenvalue weighted by Crippen LogP contribution is -2.41. The molecule has 0 radical (unpaired) electrons. The highest BCUT2D eigenvalue weighted by Crippen LogP contribution is 2.20. The quantitative estimate of drug-likeness (QED) is 0.839. The first-order chi connectivity index (χ1) is 9.54. The van der Waals surface area contributed by atoms with Crippen LogP contribution in [0.4, 0.5) is 0 Å². The Morgan fingerprint density at radius 3 is 2.55 bits per heavy atom. The highest BCUT2D eigenvalue weighted by Gasteiger charge is 2.26. The lowest BCUT2D eigenvalue weighted by Gasteiger charge is -2.20. The number of carbonyl (C=O) groups excluding carboxylic acids is 2. The molecule has 0 spiro atoms. The summed E-state index contributed by atoms with van der Waals surface area (Å²) in [6.45, 7) is 4.92. The van der Waals surface area contributed by atoms with E-state index in [1.54, 1.807) is 0 Å². The zero-order chi connectivity index (χ0) is 14.5. The minimum absolute atomic E-state index is 0.102. The van der Waals surface area contributed by atoms with Crippen LogP contribution < -0.4 is 10.1 Å². The molecular formula is C16H21NO3. The first-order valence-electron chi connectivity index (χ1n) is 7.10. The van der Waals surface area contributed by atoms with Gasteiger partial charge in [0.15, 0.2) is 0 Å². The van der Waals surface area contributed by atoms with Crippen LogP contribution in [0, 0.1) is 11.8 Å². The van der Waals surface area contributed by atoms with Crippen LogP contribution in [0.1, 0.15) is 32.3 Å². The Morgan fingerprint density at radius 1 is 1.25 bits per heavy atom. The predicted molar refractivity (Wildman–Crippen MR) is 76.4 cm³/mol. The van der Waals surface area contributed by atoms with Crippen molar-refractivity contribution in [1.29, 1.82) is 0 Å². The lowest BCUT2D eigenvalue weighted by atomic mass is 9.91. The molecular weight excluding hydrogens is 254 g/mol. The van der Waals surface area contributed by atoms with Gasteiger partial charge in [-0.25, -0.2) is 0 Å². The summed E-state index contributed by atoms with van der Waals surface area (Å²) in [4.78, 5) is 22.8. The molecule has 1 N–H and O–H groups in total. The van der Waals surface area contributed by atoms with Crippen LogP contribution in [0.25, 0.3) is 0 Å². The molecule has 1 fully saturated rings. The molecule has 2 rings (SSSR count). The third-order valence-electron chi connectivity index (χ3n) is 3.34. The summed E-state index contributed by atoms with van der Waals surface area (Å²) in [5.41, 5.74) is 1.09.